The predicted octanol–water partition coefficient (Wildman–Crippen LogP) is -1.14. The summed E-state index contributed by atoms with van der Waals surface area (Å²) in [5.41, 5.74) is 0. The first kappa shape index (κ1) is 12.7. The maximum atomic E-state index is 11.4. The van der Waals surface area contributed by atoms with Gasteiger partial charge >= 0.3 is 6.09 Å². The number of carboxylic acid groups (broad SMARTS) is 1. The highest BCUT2D eigenvalue weighted by Gasteiger charge is 2.24. The van der Waals surface area contributed by atoms with Crippen LogP contribution in [-0.2, 0) is 9.53 Å². The Labute approximate surface area is 93.0 Å². The molecule has 1 unspecified atom stereocenters. The van der Waals surface area contributed by atoms with Crippen molar-refractivity contribution < 1.29 is 24.5 Å². The Kier molecular flexibility index (Phi) is 5.00. The van der Waals surface area contributed by atoms with Crippen LogP contribution in [0.5, 0.6) is 0 Å². The molecule has 7 heteroatoms. The Balaban J connectivity index is 2.04. The van der Waals surface area contributed by atoms with Crippen LogP contribution < -0.4 is 5.32 Å². The molecule has 0 aliphatic carbocycles. The molecule has 1 saturated heterocycles. The SMILES string of the molecule is O=C(O)NCCOCC(=O)N1CCC(O)C1. The smallest absolute Gasteiger partial charge is 0.404 e. The van der Waals surface area contributed by atoms with Gasteiger partial charge in [0.2, 0.25) is 5.91 Å². The van der Waals surface area contributed by atoms with Gasteiger partial charge in [-0.25, -0.2) is 4.79 Å². The molecular formula is C9H16N2O5. The van der Waals surface area contributed by atoms with Crippen LogP contribution in [0.2, 0.25) is 0 Å². The Bertz CT molecular complexity index is 258. The van der Waals surface area contributed by atoms with Gasteiger partial charge in [-0.2, -0.15) is 0 Å². The summed E-state index contributed by atoms with van der Waals surface area (Å²) in [5.74, 6) is -0.174. The van der Waals surface area contributed by atoms with Crippen LogP contribution in [0.4, 0.5) is 4.79 Å². The van der Waals surface area contributed by atoms with Crippen molar-refractivity contribution in [1.82, 2.24) is 10.2 Å². The van der Waals surface area contributed by atoms with Crippen molar-refractivity contribution in [2.24, 2.45) is 0 Å². The number of amides is 2. The summed E-state index contributed by atoms with van der Waals surface area (Å²) in [6.45, 7) is 1.15. The summed E-state index contributed by atoms with van der Waals surface area (Å²) in [4.78, 5) is 23.0. The zero-order valence-corrected chi connectivity index (χ0v) is 8.89. The van der Waals surface area contributed by atoms with Gasteiger partial charge < -0.3 is 25.2 Å². The first-order valence-electron chi connectivity index (χ1n) is 5.10. The summed E-state index contributed by atoms with van der Waals surface area (Å²) in [5, 5.41) is 19.6. The number of aliphatic hydroxyl groups is 1. The molecule has 0 aromatic heterocycles. The Morgan fingerprint density at radius 3 is 2.81 bits per heavy atom. The number of carbonyl (C=O) groups is 2. The number of hydrogen-bond acceptors (Lipinski definition) is 4. The van der Waals surface area contributed by atoms with Crippen molar-refractivity contribution >= 4 is 12.0 Å². The number of rotatable bonds is 5. The monoisotopic (exact) mass is 232 g/mol. The number of hydrogen-bond donors (Lipinski definition) is 3. The topological polar surface area (TPSA) is 99.1 Å². The van der Waals surface area contributed by atoms with E-state index in [-0.39, 0.29) is 25.7 Å². The molecule has 1 atom stereocenters. The first-order chi connectivity index (χ1) is 7.59. The minimum Gasteiger partial charge on any atom is -0.465 e. The first-order valence-corrected chi connectivity index (χ1v) is 5.10. The fourth-order valence-electron chi connectivity index (χ4n) is 1.45. The van der Waals surface area contributed by atoms with Crippen molar-refractivity contribution in [1.29, 1.82) is 0 Å². The van der Waals surface area contributed by atoms with Crippen LogP contribution in [0, 0.1) is 0 Å². The molecule has 0 aromatic carbocycles. The maximum Gasteiger partial charge on any atom is 0.404 e. The van der Waals surface area contributed by atoms with E-state index in [4.69, 9.17) is 9.84 Å². The van der Waals surface area contributed by atoms with Crippen molar-refractivity contribution in [3.8, 4) is 0 Å². The third-order valence-electron chi connectivity index (χ3n) is 2.26. The van der Waals surface area contributed by atoms with Crippen molar-refractivity contribution in [3.63, 3.8) is 0 Å². The van der Waals surface area contributed by atoms with Gasteiger partial charge in [-0.3, -0.25) is 4.79 Å². The van der Waals surface area contributed by atoms with Gasteiger partial charge in [-0.1, -0.05) is 0 Å². The molecule has 0 spiro atoms. The van der Waals surface area contributed by atoms with Crippen LogP contribution in [0.1, 0.15) is 6.42 Å². The summed E-state index contributed by atoms with van der Waals surface area (Å²) in [7, 11) is 0. The van der Waals surface area contributed by atoms with Crippen LogP contribution in [0.15, 0.2) is 0 Å². The summed E-state index contributed by atoms with van der Waals surface area (Å²) >= 11 is 0. The van der Waals surface area contributed by atoms with Gasteiger partial charge in [0.15, 0.2) is 0 Å². The average Bonchev–Trinajstić information content (AvgIpc) is 2.63. The van der Waals surface area contributed by atoms with E-state index >= 15 is 0 Å². The molecule has 0 saturated carbocycles. The largest absolute Gasteiger partial charge is 0.465 e. The fraction of sp³-hybridized carbons (Fsp3) is 0.778. The lowest BCUT2D eigenvalue weighted by Gasteiger charge is -2.15. The molecule has 0 bridgehead atoms. The molecule has 7 nitrogen and oxygen atoms in total. The van der Waals surface area contributed by atoms with E-state index in [0.717, 1.165) is 0 Å². The predicted molar refractivity (Wildman–Crippen MR) is 54.1 cm³/mol. The van der Waals surface area contributed by atoms with E-state index < -0.39 is 12.2 Å². The standard InChI is InChI=1S/C9H16N2O5/c12-7-1-3-11(5-7)8(13)6-16-4-2-10-9(14)15/h7,10,12H,1-6H2,(H,14,15). The zero-order chi connectivity index (χ0) is 12.0. The van der Waals surface area contributed by atoms with E-state index in [2.05, 4.69) is 5.32 Å². The van der Waals surface area contributed by atoms with Crippen molar-refractivity contribution in [3.05, 3.63) is 0 Å². The van der Waals surface area contributed by atoms with Gasteiger partial charge in [0, 0.05) is 19.6 Å². The number of nitrogens with one attached hydrogen (secondary N) is 1. The summed E-state index contributed by atoms with van der Waals surface area (Å²) in [6.07, 6.45) is -0.943. The maximum absolute atomic E-state index is 11.4. The van der Waals surface area contributed by atoms with Crippen LogP contribution in [0.3, 0.4) is 0 Å². The quantitative estimate of drug-likeness (QED) is 0.520. The Hall–Kier alpha value is -1.34. The van der Waals surface area contributed by atoms with Crippen LogP contribution in [-0.4, -0.2) is 66.1 Å². The molecule has 0 radical (unpaired) electrons. The van der Waals surface area contributed by atoms with Crippen LogP contribution >= 0.6 is 0 Å². The normalized spacial score (nSPS) is 19.8. The zero-order valence-electron chi connectivity index (χ0n) is 8.89. The fourth-order valence-corrected chi connectivity index (χ4v) is 1.45. The number of carbonyl (C=O) groups excluding carboxylic acids is 1. The second-order valence-electron chi connectivity index (χ2n) is 3.57. The highest BCUT2D eigenvalue weighted by Crippen LogP contribution is 2.08. The molecule has 1 aliphatic heterocycles. The second kappa shape index (κ2) is 6.29. The van der Waals surface area contributed by atoms with Crippen molar-refractivity contribution in [2.75, 3.05) is 32.8 Å². The number of ether oxygens (including phenoxy) is 1. The minimum absolute atomic E-state index is 0.0754. The number of β-amino-alcohol motifs (C(OH)–C–C–N with tert-alkyl or cyclic N) is 1. The van der Waals surface area contributed by atoms with Gasteiger partial charge in [0.1, 0.15) is 6.61 Å². The average molecular weight is 232 g/mol. The lowest BCUT2D eigenvalue weighted by molar-refractivity contribution is -0.135. The second-order valence-corrected chi connectivity index (χ2v) is 3.57. The highest BCUT2D eigenvalue weighted by atomic mass is 16.5. The number of likely N-dealkylation sites (tertiary alicyclic amines) is 1. The molecule has 1 aliphatic rings. The molecule has 2 amide bonds. The van der Waals surface area contributed by atoms with Gasteiger partial charge in [-0.15, -0.1) is 0 Å². The summed E-state index contributed by atoms with van der Waals surface area (Å²) < 4.78 is 4.99. The third-order valence-corrected chi connectivity index (χ3v) is 2.26. The van der Waals surface area contributed by atoms with Gasteiger partial charge in [0.05, 0.1) is 12.7 Å². The lowest BCUT2D eigenvalue weighted by atomic mass is 10.3. The molecular weight excluding hydrogens is 216 g/mol. The molecule has 1 heterocycles. The molecule has 92 valence electrons. The summed E-state index contributed by atoms with van der Waals surface area (Å²) in [6, 6.07) is 0. The number of nitrogens with zero attached hydrogens (tertiary/aromatic N) is 1. The van der Waals surface area contributed by atoms with E-state index in [0.29, 0.717) is 19.5 Å². The van der Waals surface area contributed by atoms with Crippen LogP contribution in [0.25, 0.3) is 0 Å². The Morgan fingerprint density at radius 2 is 2.25 bits per heavy atom. The van der Waals surface area contributed by atoms with E-state index in [9.17, 15) is 14.7 Å². The number of aliphatic hydroxyl groups excluding tert-OH is 1. The van der Waals surface area contributed by atoms with E-state index in [1.54, 1.807) is 0 Å². The van der Waals surface area contributed by atoms with Crippen molar-refractivity contribution in [2.45, 2.75) is 12.5 Å². The lowest BCUT2D eigenvalue weighted by Crippen LogP contribution is -2.34. The van der Waals surface area contributed by atoms with Gasteiger partial charge in [-0.05, 0) is 6.42 Å². The molecule has 1 fully saturated rings. The molecule has 16 heavy (non-hydrogen) atoms. The minimum atomic E-state index is -1.11. The molecule has 1 rings (SSSR count). The Morgan fingerprint density at radius 1 is 1.50 bits per heavy atom. The highest BCUT2D eigenvalue weighted by molar-refractivity contribution is 5.77. The van der Waals surface area contributed by atoms with Gasteiger partial charge in [0.25, 0.3) is 0 Å². The van der Waals surface area contributed by atoms with E-state index in [1.165, 1.54) is 4.90 Å². The molecule has 0 aromatic rings. The third kappa shape index (κ3) is 4.45. The molecule has 3 N–H and O–H groups in total. The van der Waals surface area contributed by atoms with E-state index in [1.807, 2.05) is 0 Å².